The number of carbonyl (C=O) groups is 2. The van der Waals surface area contributed by atoms with E-state index in [1.165, 1.54) is 33.5 Å². The lowest BCUT2D eigenvalue weighted by Crippen LogP contribution is -2.36. The molecule has 0 fully saturated rings. The predicted molar refractivity (Wildman–Crippen MR) is 94.5 cm³/mol. The van der Waals surface area contributed by atoms with Gasteiger partial charge in [0.15, 0.2) is 11.5 Å². The maximum Gasteiger partial charge on any atom is 0.251 e. The standard InChI is InChI=1S/C18H21N3O5/c1-24-14-8-12(9-15(25-2)17(14)26-3)18(23)21-11-16(22)20-10-13-6-4-5-7-19-13/h4-9H,10-11H2,1-3H3,(H,20,22)(H,21,23). The Morgan fingerprint density at radius 1 is 1.00 bits per heavy atom. The molecule has 0 aliphatic carbocycles. The van der Waals surface area contributed by atoms with Gasteiger partial charge in [0, 0.05) is 11.8 Å². The molecule has 2 aromatic rings. The molecule has 1 aromatic heterocycles. The molecule has 0 saturated heterocycles. The van der Waals surface area contributed by atoms with Crippen molar-refractivity contribution in [2.24, 2.45) is 0 Å². The molecule has 2 N–H and O–H groups in total. The van der Waals surface area contributed by atoms with Crippen molar-refractivity contribution in [3.8, 4) is 17.2 Å². The van der Waals surface area contributed by atoms with E-state index in [1.807, 2.05) is 6.07 Å². The second kappa shape index (κ2) is 9.26. The average molecular weight is 359 g/mol. The second-order valence-corrected chi connectivity index (χ2v) is 5.19. The van der Waals surface area contributed by atoms with Crippen LogP contribution in [0.1, 0.15) is 16.1 Å². The average Bonchev–Trinajstić information content (AvgIpc) is 2.69. The van der Waals surface area contributed by atoms with Crippen LogP contribution in [0.4, 0.5) is 0 Å². The highest BCUT2D eigenvalue weighted by molar-refractivity contribution is 5.97. The van der Waals surface area contributed by atoms with Crippen LogP contribution < -0.4 is 24.8 Å². The molecule has 8 heteroatoms. The Hall–Kier alpha value is -3.29. The van der Waals surface area contributed by atoms with Gasteiger partial charge in [0.25, 0.3) is 5.91 Å². The third-order valence-electron chi connectivity index (χ3n) is 3.53. The summed E-state index contributed by atoms with van der Waals surface area (Å²) in [5.74, 6) is 0.349. The van der Waals surface area contributed by atoms with Gasteiger partial charge in [0.1, 0.15) is 0 Å². The number of aromatic nitrogens is 1. The summed E-state index contributed by atoms with van der Waals surface area (Å²) in [5, 5.41) is 5.24. The molecule has 0 spiro atoms. The van der Waals surface area contributed by atoms with Gasteiger partial charge >= 0.3 is 0 Å². The number of amides is 2. The van der Waals surface area contributed by atoms with Crippen molar-refractivity contribution in [3.63, 3.8) is 0 Å². The molecule has 1 heterocycles. The van der Waals surface area contributed by atoms with Gasteiger partial charge in [-0.1, -0.05) is 6.07 Å². The van der Waals surface area contributed by atoms with Crippen LogP contribution in [0.2, 0.25) is 0 Å². The lowest BCUT2D eigenvalue weighted by atomic mass is 10.1. The van der Waals surface area contributed by atoms with E-state index in [2.05, 4.69) is 15.6 Å². The molecule has 26 heavy (non-hydrogen) atoms. The monoisotopic (exact) mass is 359 g/mol. The zero-order chi connectivity index (χ0) is 18.9. The fraction of sp³-hybridized carbons (Fsp3) is 0.278. The quantitative estimate of drug-likeness (QED) is 0.734. The molecule has 0 atom stereocenters. The fourth-order valence-electron chi connectivity index (χ4n) is 2.23. The highest BCUT2D eigenvalue weighted by Crippen LogP contribution is 2.38. The summed E-state index contributed by atoms with van der Waals surface area (Å²) in [6.45, 7) is 0.127. The van der Waals surface area contributed by atoms with Gasteiger partial charge in [-0.3, -0.25) is 14.6 Å². The molecule has 1 aromatic carbocycles. The van der Waals surface area contributed by atoms with Crippen molar-refractivity contribution < 1.29 is 23.8 Å². The predicted octanol–water partition coefficient (Wildman–Crippen LogP) is 1.15. The number of benzene rings is 1. The molecule has 2 amide bonds. The zero-order valence-electron chi connectivity index (χ0n) is 14.9. The summed E-state index contributed by atoms with van der Waals surface area (Å²) in [7, 11) is 4.40. The Labute approximate surface area is 151 Å². The lowest BCUT2D eigenvalue weighted by Gasteiger charge is -2.14. The lowest BCUT2D eigenvalue weighted by molar-refractivity contribution is -0.120. The van der Waals surface area contributed by atoms with Gasteiger partial charge in [0.2, 0.25) is 11.7 Å². The first-order chi connectivity index (χ1) is 12.6. The van der Waals surface area contributed by atoms with E-state index in [9.17, 15) is 9.59 Å². The van der Waals surface area contributed by atoms with Gasteiger partial charge in [-0.2, -0.15) is 0 Å². The van der Waals surface area contributed by atoms with E-state index >= 15 is 0 Å². The van der Waals surface area contributed by atoms with Crippen LogP contribution in [-0.4, -0.2) is 44.7 Å². The Balaban J connectivity index is 1.95. The fourth-order valence-corrected chi connectivity index (χ4v) is 2.23. The topological polar surface area (TPSA) is 98.8 Å². The summed E-state index contributed by atoms with van der Waals surface area (Å²) in [5.41, 5.74) is 1.02. The van der Waals surface area contributed by atoms with E-state index in [0.29, 0.717) is 23.8 Å². The Bertz CT molecular complexity index is 740. The minimum Gasteiger partial charge on any atom is -0.493 e. The van der Waals surface area contributed by atoms with E-state index < -0.39 is 5.91 Å². The largest absolute Gasteiger partial charge is 0.493 e. The van der Waals surface area contributed by atoms with Gasteiger partial charge < -0.3 is 24.8 Å². The molecule has 138 valence electrons. The number of hydrogen-bond donors (Lipinski definition) is 2. The van der Waals surface area contributed by atoms with E-state index in [4.69, 9.17) is 14.2 Å². The molecule has 0 unspecified atom stereocenters. The number of carbonyl (C=O) groups excluding carboxylic acids is 2. The van der Waals surface area contributed by atoms with Crippen LogP contribution in [0.25, 0.3) is 0 Å². The molecular formula is C18H21N3O5. The number of nitrogens with zero attached hydrogens (tertiary/aromatic N) is 1. The first-order valence-electron chi connectivity index (χ1n) is 7.83. The van der Waals surface area contributed by atoms with Crippen LogP contribution in [-0.2, 0) is 11.3 Å². The van der Waals surface area contributed by atoms with Crippen molar-refractivity contribution in [2.75, 3.05) is 27.9 Å². The molecule has 0 aliphatic rings. The minimum atomic E-state index is -0.433. The first kappa shape index (κ1) is 19.0. The highest BCUT2D eigenvalue weighted by atomic mass is 16.5. The van der Waals surface area contributed by atoms with Gasteiger partial charge in [-0.05, 0) is 24.3 Å². The van der Waals surface area contributed by atoms with Gasteiger partial charge in [0.05, 0.1) is 40.1 Å². The molecule has 0 bridgehead atoms. The Morgan fingerprint density at radius 3 is 2.23 bits per heavy atom. The molecule has 2 rings (SSSR count). The number of methoxy groups -OCH3 is 3. The van der Waals surface area contributed by atoms with Crippen molar-refractivity contribution in [2.45, 2.75) is 6.54 Å². The summed E-state index contributed by atoms with van der Waals surface area (Å²) in [4.78, 5) is 28.3. The van der Waals surface area contributed by atoms with Crippen LogP contribution in [0.5, 0.6) is 17.2 Å². The summed E-state index contributed by atoms with van der Waals surface area (Å²) in [6.07, 6.45) is 1.65. The van der Waals surface area contributed by atoms with Gasteiger partial charge in [-0.15, -0.1) is 0 Å². The summed E-state index contributed by atoms with van der Waals surface area (Å²) in [6, 6.07) is 8.46. The third-order valence-corrected chi connectivity index (χ3v) is 3.53. The minimum absolute atomic E-state index is 0.164. The van der Waals surface area contributed by atoms with Crippen molar-refractivity contribution in [1.29, 1.82) is 0 Å². The number of pyridine rings is 1. The van der Waals surface area contributed by atoms with Gasteiger partial charge in [-0.25, -0.2) is 0 Å². The normalized spacial score (nSPS) is 9.96. The Morgan fingerprint density at radius 2 is 1.69 bits per heavy atom. The Kier molecular flexibility index (Phi) is 6.78. The van der Waals surface area contributed by atoms with Crippen molar-refractivity contribution in [1.82, 2.24) is 15.6 Å². The van der Waals surface area contributed by atoms with Crippen LogP contribution in [0.3, 0.4) is 0 Å². The van der Waals surface area contributed by atoms with E-state index in [-0.39, 0.29) is 18.0 Å². The SMILES string of the molecule is COc1cc(C(=O)NCC(=O)NCc2ccccn2)cc(OC)c1OC. The number of ether oxygens (including phenoxy) is 3. The molecule has 0 radical (unpaired) electrons. The van der Waals surface area contributed by atoms with E-state index in [0.717, 1.165) is 5.69 Å². The molecule has 0 aliphatic heterocycles. The summed E-state index contributed by atoms with van der Waals surface area (Å²) < 4.78 is 15.6. The third kappa shape index (κ3) is 4.85. The molecular weight excluding hydrogens is 338 g/mol. The van der Waals surface area contributed by atoms with Crippen LogP contribution in [0, 0.1) is 0 Å². The molecule has 8 nitrogen and oxygen atoms in total. The first-order valence-corrected chi connectivity index (χ1v) is 7.83. The van der Waals surface area contributed by atoms with E-state index in [1.54, 1.807) is 18.3 Å². The maximum absolute atomic E-state index is 12.3. The van der Waals surface area contributed by atoms with Crippen LogP contribution >= 0.6 is 0 Å². The van der Waals surface area contributed by atoms with Crippen molar-refractivity contribution >= 4 is 11.8 Å². The number of hydrogen-bond acceptors (Lipinski definition) is 6. The highest BCUT2D eigenvalue weighted by Gasteiger charge is 2.17. The maximum atomic E-state index is 12.3. The number of nitrogens with one attached hydrogen (secondary N) is 2. The number of rotatable bonds is 8. The van der Waals surface area contributed by atoms with Crippen LogP contribution in [0.15, 0.2) is 36.5 Å². The summed E-state index contributed by atoms with van der Waals surface area (Å²) >= 11 is 0. The molecule has 0 saturated carbocycles. The second-order valence-electron chi connectivity index (χ2n) is 5.19. The zero-order valence-corrected chi connectivity index (χ0v) is 14.9. The smallest absolute Gasteiger partial charge is 0.251 e. The van der Waals surface area contributed by atoms with Crippen molar-refractivity contribution in [3.05, 3.63) is 47.8 Å².